The smallest absolute Gasteiger partial charge is 0.159 e. The molecule has 0 saturated heterocycles. The zero-order valence-corrected chi connectivity index (χ0v) is 9.77. The highest BCUT2D eigenvalue weighted by molar-refractivity contribution is 6.31. The Balaban J connectivity index is 3.21. The minimum absolute atomic E-state index is 0.0202. The van der Waals surface area contributed by atoms with E-state index in [-0.39, 0.29) is 11.2 Å². The monoisotopic (exact) mass is 210 g/mol. The highest BCUT2D eigenvalue weighted by Gasteiger charge is 2.17. The maximum Gasteiger partial charge on any atom is 0.159 e. The fourth-order valence-electron chi connectivity index (χ4n) is 1.34. The highest BCUT2D eigenvalue weighted by atomic mass is 35.5. The molecule has 14 heavy (non-hydrogen) atoms. The minimum Gasteiger partial charge on any atom is -0.295 e. The lowest BCUT2D eigenvalue weighted by Crippen LogP contribution is -2.12. The molecule has 0 aliphatic heterocycles. The van der Waals surface area contributed by atoms with E-state index in [0.29, 0.717) is 10.6 Å². The Labute approximate surface area is 90.1 Å². The predicted octanol–water partition coefficient (Wildman–Crippen LogP) is 3.84. The van der Waals surface area contributed by atoms with E-state index in [9.17, 15) is 4.79 Å². The van der Waals surface area contributed by atoms with Crippen LogP contribution in [0.2, 0.25) is 5.02 Å². The number of halogens is 1. The van der Waals surface area contributed by atoms with Crippen molar-refractivity contribution >= 4 is 17.4 Å². The van der Waals surface area contributed by atoms with Crippen molar-refractivity contribution < 1.29 is 4.79 Å². The fraction of sp³-hybridized carbons (Fsp3) is 0.417. The van der Waals surface area contributed by atoms with Crippen LogP contribution in [-0.2, 0) is 5.41 Å². The maximum atomic E-state index is 11.1. The summed E-state index contributed by atoms with van der Waals surface area (Å²) in [6, 6.07) is 5.50. The van der Waals surface area contributed by atoms with Crippen molar-refractivity contribution in [2.24, 2.45) is 0 Å². The molecule has 1 aromatic rings. The molecule has 0 heterocycles. The molecule has 0 spiro atoms. The molecule has 0 unspecified atom stereocenters. The summed E-state index contributed by atoms with van der Waals surface area (Å²) in [5, 5.41) is 0.671. The van der Waals surface area contributed by atoms with E-state index in [1.165, 1.54) is 0 Å². The van der Waals surface area contributed by atoms with Crippen LogP contribution in [0.4, 0.5) is 0 Å². The summed E-state index contributed by atoms with van der Waals surface area (Å²) in [4.78, 5) is 11.1. The molecule has 0 radical (unpaired) electrons. The van der Waals surface area contributed by atoms with Crippen LogP contribution in [0, 0.1) is 0 Å². The van der Waals surface area contributed by atoms with Gasteiger partial charge in [0.1, 0.15) is 0 Å². The molecule has 1 nitrogen and oxygen atoms in total. The van der Waals surface area contributed by atoms with Crippen molar-refractivity contribution in [3.05, 3.63) is 34.3 Å². The van der Waals surface area contributed by atoms with Crippen molar-refractivity contribution in [1.29, 1.82) is 0 Å². The van der Waals surface area contributed by atoms with Gasteiger partial charge in [-0.25, -0.2) is 0 Å². The molecule has 2 heteroatoms. The van der Waals surface area contributed by atoms with Crippen LogP contribution < -0.4 is 0 Å². The number of ketones is 1. The van der Waals surface area contributed by atoms with Crippen molar-refractivity contribution in [1.82, 2.24) is 0 Å². The van der Waals surface area contributed by atoms with Crippen molar-refractivity contribution in [2.45, 2.75) is 33.1 Å². The normalized spacial score (nSPS) is 11.5. The maximum absolute atomic E-state index is 11.1. The van der Waals surface area contributed by atoms with Gasteiger partial charge in [-0.15, -0.1) is 0 Å². The molecule has 0 fully saturated rings. The van der Waals surface area contributed by atoms with Crippen molar-refractivity contribution in [3.63, 3.8) is 0 Å². The second kappa shape index (κ2) is 3.74. The highest BCUT2D eigenvalue weighted by Crippen LogP contribution is 2.29. The van der Waals surface area contributed by atoms with Gasteiger partial charge >= 0.3 is 0 Å². The zero-order valence-electron chi connectivity index (χ0n) is 9.02. The largest absolute Gasteiger partial charge is 0.295 e. The van der Waals surface area contributed by atoms with Crippen LogP contribution >= 0.6 is 11.6 Å². The van der Waals surface area contributed by atoms with Crippen LogP contribution in [0.15, 0.2) is 18.2 Å². The first-order valence-electron chi connectivity index (χ1n) is 4.63. The third kappa shape index (κ3) is 2.36. The minimum atomic E-state index is 0.0202. The molecule has 0 saturated carbocycles. The molecule has 0 amide bonds. The number of rotatable bonds is 1. The van der Waals surface area contributed by atoms with Crippen molar-refractivity contribution in [3.8, 4) is 0 Å². The molecule has 76 valence electrons. The molecule has 1 aromatic carbocycles. The second-order valence-electron chi connectivity index (χ2n) is 4.50. The standard InChI is InChI=1S/C12H15ClO/c1-8(14)9-5-6-10(11(13)7-9)12(2,3)4/h5-7H,1-4H3. The van der Waals surface area contributed by atoms with E-state index in [1.807, 2.05) is 12.1 Å². The Bertz CT molecular complexity index is 361. The third-order valence-corrected chi connectivity index (χ3v) is 2.50. The van der Waals surface area contributed by atoms with E-state index in [0.717, 1.165) is 5.56 Å². The van der Waals surface area contributed by atoms with E-state index in [2.05, 4.69) is 20.8 Å². The number of Topliss-reactive ketones (excluding diaryl/α,β-unsaturated/α-hetero) is 1. The molecular formula is C12H15ClO. The zero-order chi connectivity index (χ0) is 10.9. The first-order chi connectivity index (χ1) is 6.32. The Morgan fingerprint density at radius 1 is 1.29 bits per heavy atom. The number of hydrogen-bond acceptors (Lipinski definition) is 1. The van der Waals surface area contributed by atoms with Gasteiger partial charge in [-0.1, -0.05) is 44.5 Å². The van der Waals surface area contributed by atoms with E-state index < -0.39 is 0 Å². The lowest BCUT2D eigenvalue weighted by atomic mass is 9.86. The third-order valence-electron chi connectivity index (χ3n) is 2.18. The molecule has 0 aromatic heterocycles. The Kier molecular flexibility index (Phi) is 3.01. The van der Waals surface area contributed by atoms with Gasteiger partial charge in [0.05, 0.1) is 0 Å². The SMILES string of the molecule is CC(=O)c1ccc(C(C)(C)C)c(Cl)c1. The lowest BCUT2D eigenvalue weighted by molar-refractivity contribution is 0.101. The number of hydrogen-bond donors (Lipinski definition) is 0. The van der Waals surface area contributed by atoms with E-state index in [1.54, 1.807) is 13.0 Å². The molecular weight excluding hydrogens is 196 g/mol. The van der Waals surface area contributed by atoms with Gasteiger partial charge in [0.15, 0.2) is 5.78 Å². The molecule has 0 bridgehead atoms. The summed E-state index contributed by atoms with van der Waals surface area (Å²) >= 11 is 6.11. The van der Waals surface area contributed by atoms with Gasteiger partial charge in [-0.05, 0) is 24.0 Å². The molecule has 0 aliphatic rings. The van der Waals surface area contributed by atoms with Crippen LogP contribution in [0.5, 0.6) is 0 Å². The lowest BCUT2D eigenvalue weighted by Gasteiger charge is -2.20. The average Bonchev–Trinajstić information content (AvgIpc) is 2.01. The predicted molar refractivity (Wildman–Crippen MR) is 60.2 cm³/mol. The summed E-state index contributed by atoms with van der Waals surface area (Å²) in [7, 11) is 0. The summed E-state index contributed by atoms with van der Waals surface area (Å²) in [5.41, 5.74) is 1.76. The Hall–Kier alpha value is -0.820. The average molecular weight is 211 g/mol. The topological polar surface area (TPSA) is 17.1 Å². The van der Waals surface area contributed by atoms with Gasteiger partial charge in [0, 0.05) is 10.6 Å². The quantitative estimate of drug-likeness (QED) is 0.644. The number of carbonyl (C=O) groups excluding carboxylic acids is 1. The molecule has 0 aliphatic carbocycles. The summed E-state index contributed by atoms with van der Waals surface area (Å²) < 4.78 is 0. The van der Waals surface area contributed by atoms with Crippen molar-refractivity contribution in [2.75, 3.05) is 0 Å². The van der Waals surface area contributed by atoms with Gasteiger partial charge < -0.3 is 0 Å². The van der Waals surface area contributed by atoms with Gasteiger partial charge in [-0.3, -0.25) is 4.79 Å². The van der Waals surface area contributed by atoms with E-state index in [4.69, 9.17) is 11.6 Å². The Morgan fingerprint density at radius 2 is 1.86 bits per heavy atom. The van der Waals surface area contributed by atoms with Crippen LogP contribution in [0.25, 0.3) is 0 Å². The number of benzene rings is 1. The summed E-state index contributed by atoms with van der Waals surface area (Å²) in [6.45, 7) is 7.84. The second-order valence-corrected chi connectivity index (χ2v) is 4.91. The van der Waals surface area contributed by atoms with E-state index >= 15 is 0 Å². The van der Waals surface area contributed by atoms with Crippen LogP contribution in [0.1, 0.15) is 43.6 Å². The molecule has 0 atom stereocenters. The molecule has 0 N–H and O–H groups in total. The Morgan fingerprint density at radius 3 is 2.21 bits per heavy atom. The summed E-state index contributed by atoms with van der Waals surface area (Å²) in [6.07, 6.45) is 0. The fourth-order valence-corrected chi connectivity index (χ4v) is 1.81. The van der Waals surface area contributed by atoms with Crippen LogP contribution in [0.3, 0.4) is 0 Å². The number of carbonyl (C=O) groups is 1. The van der Waals surface area contributed by atoms with Gasteiger partial charge in [0.2, 0.25) is 0 Å². The first-order valence-corrected chi connectivity index (χ1v) is 5.01. The molecule has 1 rings (SSSR count). The van der Waals surface area contributed by atoms with Crippen LogP contribution in [-0.4, -0.2) is 5.78 Å². The van der Waals surface area contributed by atoms with Gasteiger partial charge in [-0.2, -0.15) is 0 Å². The first kappa shape index (κ1) is 11.3. The van der Waals surface area contributed by atoms with Gasteiger partial charge in [0.25, 0.3) is 0 Å². The summed E-state index contributed by atoms with van der Waals surface area (Å²) in [5.74, 6) is 0.0485.